The molecule has 1 heterocycles. The second kappa shape index (κ2) is 4.97. The predicted molar refractivity (Wildman–Crippen MR) is 78.2 cm³/mol. The maximum absolute atomic E-state index is 10.6. The number of nitrogens with two attached hydrogens (primary N) is 1. The zero-order valence-electron chi connectivity index (χ0n) is 12.2. The largest absolute Gasteiger partial charge is 0.494 e. The average Bonchev–Trinajstić information content (AvgIpc) is 2.56. The molecule has 1 aliphatic heterocycles. The molecular weight excluding hydrogens is 253 g/mol. The fourth-order valence-corrected chi connectivity index (χ4v) is 1.84. The van der Waals surface area contributed by atoms with E-state index in [4.69, 9.17) is 15.0 Å². The van der Waals surface area contributed by atoms with Gasteiger partial charge in [-0.2, -0.15) is 0 Å². The first-order valence-corrected chi connectivity index (χ1v) is 6.48. The minimum Gasteiger partial charge on any atom is -0.399 e. The van der Waals surface area contributed by atoms with E-state index in [0.29, 0.717) is 0 Å². The van der Waals surface area contributed by atoms with Crippen molar-refractivity contribution in [2.75, 3.05) is 0 Å². The van der Waals surface area contributed by atoms with E-state index in [2.05, 4.69) is 11.8 Å². The predicted octanol–water partition coefficient (Wildman–Crippen LogP) is 0.823. The summed E-state index contributed by atoms with van der Waals surface area (Å²) < 4.78 is 11.9. The summed E-state index contributed by atoms with van der Waals surface area (Å²) in [4.78, 5) is 10.6. The number of hydrogen-bond acceptors (Lipinski definition) is 3. The molecule has 0 radical (unpaired) electrons. The SMILES string of the molecule is CC1(C)OB(c2ccc(C#CC(N)=O)cc2)OC1(C)C. The van der Waals surface area contributed by atoms with Crippen molar-refractivity contribution in [2.45, 2.75) is 38.9 Å². The maximum Gasteiger partial charge on any atom is 0.494 e. The first-order valence-electron chi connectivity index (χ1n) is 6.48. The Morgan fingerprint density at radius 1 is 1.10 bits per heavy atom. The number of carbonyl (C=O) groups is 1. The first-order chi connectivity index (χ1) is 9.21. The summed E-state index contributed by atoms with van der Waals surface area (Å²) in [6, 6.07) is 7.40. The third-order valence-electron chi connectivity index (χ3n) is 3.77. The summed E-state index contributed by atoms with van der Waals surface area (Å²) in [5.41, 5.74) is 5.91. The molecule has 5 heteroatoms. The molecule has 0 bridgehead atoms. The third kappa shape index (κ3) is 2.87. The van der Waals surface area contributed by atoms with Gasteiger partial charge in [0.15, 0.2) is 0 Å². The standard InChI is InChI=1S/C15H18BNO3/c1-14(2)15(3,4)20-16(19-14)12-8-5-11(6-9-12)7-10-13(17)18/h5-6,8-9H,1-4H3,(H2,17,18). The number of primary amides is 1. The topological polar surface area (TPSA) is 61.5 Å². The van der Waals surface area contributed by atoms with Gasteiger partial charge in [0.2, 0.25) is 0 Å². The van der Waals surface area contributed by atoms with Crippen LogP contribution < -0.4 is 11.2 Å². The zero-order chi connectivity index (χ0) is 15.0. The zero-order valence-corrected chi connectivity index (χ0v) is 12.2. The Bertz CT molecular complexity index is 565. The molecule has 104 valence electrons. The van der Waals surface area contributed by atoms with Crippen LogP contribution in [0.25, 0.3) is 0 Å². The van der Waals surface area contributed by atoms with Crippen LogP contribution in [0.5, 0.6) is 0 Å². The lowest BCUT2D eigenvalue weighted by Crippen LogP contribution is -2.41. The molecule has 0 unspecified atom stereocenters. The number of rotatable bonds is 1. The second-order valence-corrected chi connectivity index (χ2v) is 5.82. The lowest BCUT2D eigenvalue weighted by atomic mass is 9.79. The molecule has 2 rings (SSSR count). The van der Waals surface area contributed by atoms with E-state index < -0.39 is 13.0 Å². The average molecular weight is 271 g/mol. The minimum absolute atomic E-state index is 0.359. The van der Waals surface area contributed by atoms with Gasteiger partial charge >= 0.3 is 7.12 Å². The maximum atomic E-state index is 10.6. The van der Waals surface area contributed by atoms with Gasteiger partial charge in [0.25, 0.3) is 5.91 Å². The van der Waals surface area contributed by atoms with Gasteiger partial charge < -0.3 is 15.0 Å². The number of benzene rings is 1. The Labute approximate surface area is 119 Å². The van der Waals surface area contributed by atoms with Crippen molar-refractivity contribution < 1.29 is 14.1 Å². The first kappa shape index (κ1) is 14.6. The van der Waals surface area contributed by atoms with Crippen molar-refractivity contribution in [1.82, 2.24) is 0 Å². The lowest BCUT2D eigenvalue weighted by Gasteiger charge is -2.32. The van der Waals surface area contributed by atoms with Gasteiger partial charge in [-0.15, -0.1) is 0 Å². The van der Waals surface area contributed by atoms with Crippen molar-refractivity contribution >= 4 is 18.5 Å². The molecule has 20 heavy (non-hydrogen) atoms. The van der Waals surface area contributed by atoms with Gasteiger partial charge in [-0.25, -0.2) is 0 Å². The Hall–Kier alpha value is -1.77. The molecule has 1 fully saturated rings. The van der Waals surface area contributed by atoms with Crippen molar-refractivity contribution in [3.8, 4) is 11.8 Å². The number of hydrogen-bond donors (Lipinski definition) is 1. The van der Waals surface area contributed by atoms with Crippen molar-refractivity contribution in [3.05, 3.63) is 29.8 Å². The van der Waals surface area contributed by atoms with E-state index in [0.717, 1.165) is 11.0 Å². The molecule has 1 aromatic carbocycles. The van der Waals surface area contributed by atoms with Gasteiger partial charge in [0, 0.05) is 5.56 Å². The number of amides is 1. The van der Waals surface area contributed by atoms with Crippen molar-refractivity contribution in [2.24, 2.45) is 5.73 Å². The Morgan fingerprint density at radius 3 is 2.05 bits per heavy atom. The van der Waals surface area contributed by atoms with E-state index in [1.165, 1.54) is 0 Å². The Kier molecular flexibility index (Phi) is 3.64. The smallest absolute Gasteiger partial charge is 0.399 e. The van der Waals surface area contributed by atoms with Crippen LogP contribution in [-0.2, 0) is 14.1 Å². The Morgan fingerprint density at radius 2 is 1.60 bits per heavy atom. The summed E-state index contributed by atoms with van der Waals surface area (Å²) in [6.07, 6.45) is 0. The quantitative estimate of drug-likeness (QED) is 0.607. The molecule has 0 spiro atoms. The highest BCUT2D eigenvalue weighted by Crippen LogP contribution is 2.36. The van der Waals surface area contributed by atoms with Crippen LogP contribution in [0.1, 0.15) is 33.3 Å². The van der Waals surface area contributed by atoms with Crippen molar-refractivity contribution in [3.63, 3.8) is 0 Å². The minimum atomic E-state index is -0.639. The normalized spacial score (nSPS) is 19.3. The molecule has 4 nitrogen and oxygen atoms in total. The van der Waals surface area contributed by atoms with Gasteiger partial charge in [-0.05, 0) is 51.2 Å². The molecular formula is C15H18BNO3. The van der Waals surface area contributed by atoms with E-state index in [1.807, 2.05) is 52.0 Å². The van der Waals surface area contributed by atoms with Crippen LogP contribution in [0.4, 0.5) is 0 Å². The summed E-state index contributed by atoms with van der Waals surface area (Å²) in [6.45, 7) is 8.05. The van der Waals surface area contributed by atoms with Gasteiger partial charge in [0.05, 0.1) is 11.2 Å². The molecule has 0 saturated carbocycles. The molecule has 1 amide bonds. The molecule has 0 aliphatic carbocycles. The summed E-state index contributed by atoms with van der Waals surface area (Å²) in [5.74, 6) is 4.35. The highest BCUT2D eigenvalue weighted by Gasteiger charge is 2.51. The third-order valence-corrected chi connectivity index (χ3v) is 3.77. The summed E-state index contributed by atoms with van der Waals surface area (Å²) in [5, 5.41) is 0. The molecule has 0 atom stereocenters. The van der Waals surface area contributed by atoms with Gasteiger partial charge in [0.1, 0.15) is 0 Å². The fraction of sp³-hybridized carbons (Fsp3) is 0.400. The monoisotopic (exact) mass is 271 g/mol. The fourth-order valence-electron chi connectivity index (χ4n) is 1.84. The van der Waals surface area contributed by atoms with Crippen LogP contribution in [0.2, 0.25) is 0 Å². The molecule has 1 aliphatic rings. The van der Waals surface area contributed by atoms with Crippen LogP contribution in [0.15, 0.2) is 24.3 Å². The Balaban J connectivity index is 2.17. The van der Waals surface area contributed by atoms with E-state index in [9.17, 15) is 4.79 Å². The van der Waals surface area contributed by atoms with Crippen LogP contribution >= 0.6 is 0 Å². The van der Waals surface area contributed by atoms with Crippen LogP contribution in [0.3, 0.4) is 0 Å². The molecule has 1 saturated heterocycles. The van der Waals surface area contributed by atoms with Crippen LogP contribution in [0, 0.1) is 11.8 Å². The summed E-state index contributed by atoms with van der Waals surface area (Å²) >= 11 is 0. The van der Waals surface area contributed by atoms with Crippen molar-refractivity contribution in [1.29, 1.82) is 0 Å². The van der Waals surface area contributed by atoms with E-state index >= 15 is 0 Å². The van der Waals surface area contributed by atoms with E-state index in [-0.39, 0.29) is 11.2 Å². The molecule has 2 N–H and O–H groups in total. The highest BCUT2D eigenvalue weighted by atomic mass is 16.7. The van der Waals surface area contributed by atoms with Gasteiger partial charge in [-0.1, -0.05) is 18.1 Å². The molecule has 1 aromatic rings. The van der Waals surface area contributed by atoms with Crippen LogP contribution in [-0.4, -0.2) is 24.2 Å². The second-order valence-electron chi connectivity index (χ2n) is 5.82. The van der Waals surface area contributed by atoms with E-state index in [1.54, 1.807) is 0 Å². The van der Waals surface area contributed by atoms with Gasteiger partial charge in [-0.3, -0.25) is 4.79 Å². The molecule has 0 aromatic heterocycles. The summed E-state index contributed by atoms with van der Waals surface area (Å²) in [7, 11) is -0.391. The lowest BCUT2D eigenvalue weighted by molar-refractivity contribution is -0.112. The highest BCUT2D eigenvalue weighted by molar-refractivity contribution is 6.62. The number of carbonyl (C=O) groups excluding carboxylic acids is 1.